The van der Waals surface area contributed by atoms with Gasteiger partial charge in [-0.1, -0.05) is 23.7 Å². The number of nitrogens with zero attached hydrogens (tertiary/aromatic N) is 1. The Balaban J connectivity index is 2.33. The molecule has 0 aliphatic rings. The molecule has 1 heterocycles. The first kappa shape index (κ1) is 21.1. The largest absolute Gasteiger partial charge is 0.315 e. The van der Waals surface area contributed by atoms with Crippen LogP contribution in [0, 0.1) is 5.82 Å². The number of halogens is 2. The molecule has 1 amide bonds. The van der Waals surface area contributed by atoms with Gasteiger partial charge in [-0.15, -0.1) is 0 Å². The van der Waals surface area contributed by atoms with Gasteiger partial charge >= 0.3 is 0 Å². The van der Waals surface area contributed by atoms with Crippen LogP contribution in [0.2, 0.25) is 5.02 Å². The van der Waals surface area contributed by atoms with Gasteiger partial charge in [0.25, 0.3) is 11.5 Å². The molecular formula is C17H18ClFN2O5S. The monoisotopic (exact) mass is 416 g/mol. The summed E-state index contributed by atoms with van der Waals surface area (Å²) in [7, 11) is -3.87. The summed E-state index contributed by atoms with van der Waals surface area (Å²) in [6, 6.07) is 7.01. The molecule has 0 bridgehead atoms. The number of hydrogen-bond donors (Lipinski definition) is 2. The van der Waals surface area contributed by atoms with Crippen LogP contribution < -0.4 is 11.0 Å². The molecule has 0 spiro atoms. The van der Waals surface area contributed by atoms with Crippen LogP contribution in [0.1, 0.15) is 13.3 Å². The third-order valence-corrected chi connectivity index (χ3v) is 6.90. The van der Waals surface area contributed by atoms with Gasteiger partial charge in [-0.2, -0.15) is 0 Å². The molecule has 2 rings (SSSR count). The third-order valence-electron chi connectivity index (χ3n) is 4.49. The van der Waals surface area contributed by atoms with Gasteiger partial charge in [0.15, 0.2) is 14.6 Å². The highest BCUT2D eigenvalue weighted by molar-refractivity contribution is 7.92. The quantitative estimate of drug-likeness (QED) is 0.553. The molecule has 10 heteroatoms. The van der Waals surface area contributed by atoms with Gasteiger partial charge in [-0.25, -0.2) is 18.3 Å². The lowest BCUT2D eigenvalue weighted by atomic mass is 10.1. The number of aryl methyl sites for hydroxylation is 1. The Morgan fingerprint density at radius 2 is 2.04 bits per heavy atom. The number of sulfone groups is 1. The van der Waals surface area contributed by atoms with Crippen LogP contribution in [0.4, 0.5) is 4.39 Å². The third kappa shape index (κ3) is 4.20. The smallest absolute Gasteiger partial charge is 0.264 e. The lowest BCUT2D eigenvalue weighted by Gasteiger charge is -2.25. The molecule has 0 aliphatic carbocycles. The molecule has 0 radical (unpaired) electrons. The molecule has 7 nitrogen and oxygen atoms in total. The Bertz CT molecular complexity index is 1040. The van der Waals surface area contributed by atoms with Crippen LogP contribution in [0.3, 0.4) is 0 Å². The minimum absolute atomic E-state index is 0.0903. The van der Waals surface area contributed by atoms with Crippen molar-refractivity contribution in [2.24, 2.45) is 0 Å². The lowest BCUT2D eigenvalue weighted by Crippen LogP contribution is -2.49. The topological polar surface area (TPSA) is 105 Å². The number of aromatic nitrogens is 1. The van der Waals surface area contributed by atoms with Crippen molar-refractivity contribution < 1.29 is 22.8 Å². The van der Waals surface area contributed by atoms with Gasteiger partial charge in [0, 0.05) is 30.6 Å². The number of nitrogens with one attached hydrogen (secondary N) is 1. The van der Waals surface area contributed by atoms with Crippen molar-refractivity contribution in [2.45, 2.75) is 24.6 Å². The number of rotatable bonds is 6. The number of carbonyl (C=O) groups excluding carboxylic acids is 1. The average Bonchev–Trinajstić information content (AvgIpc) is 2.61. The number of benzene rings is 1. The van der Waals surface area contributed by atoms with Crippen LogP contribution in [0.5, 0.6) is 0 Å². The maximum absolute atomic E-state index is 13.6. The van der Waals surface area contributed by atoms with E-state index in [0.29, 0.717) is 11.1 Å². The number of pyridine rings is 1. The van der Waals surface area contributed by atoms with Gasteiger partial charge in [0.2, 0.25) is 0 Å². The Kier molecular flexibility index (Phi) is 6.08. The first-order valence-electron chi connectivity index (χ1n) is 7.80. The van der Waals surface area contributed by atoms with Gasteiger partial charge in [0.1, 0.15) is 5.82 Å². The molecular weight excluding hydrogens is 399 g/mol. The number of hydroxylamine groups is 1. The highest BCUT2D eigenvalue weighted by atomic mass is 35.5. The first-order valence-corrected chi connectivity index (χ1v) is 10.1. The molecule has 0 saturated heterocycles. The van der Waals surface area contributed by atoms with Crippen molar-refractivity contribution in [1.29, 1.82) is 0 Å². The van der Waals surface area contributed by atoms with Gasteiger partial charge < -0.3 is 4.57 Å². The first-order chi connectivity index (χ1) is 12.5. The van der Waals surface area contributed by atoms with E-state index in [1.54, 1.807) is 6.07 Å². The van der Waals surface area contributed by atoms with Gasteiger partial charge in [-0.3, -0.25) is 14.8 Å². The Labute approximate surface area is 160 Å². The van der Waals surface area contributed by atoms with Crippen molar-refractivity contribution in [3.8, 4) is 11.1 Å². The molecule has 1 aromatic heterocycles. The van der Waals surface area contributed by atoms with Crippen molar-refractivity contribution >= 4 is 27.3 Å². The minimum atomic E-state index is -3.87. The van der Waals surface area contributed by atoms with E-state index < -0.39 is 31.9 Å². The van der Waals surface area contributed by atoms with Crippen LogP contribution in [0.25, 0.3) is 11.1 Å². The zero-order valence-corrected chi connectivity index (χ0v) is 16.1. The molecule has 0 saturated carbocycles. The summed E-state index contributed by atoms with van der Waals surface area (Å²) in [5.74, 6) is -1.70. The molecule has 1 unspecified atom stereocenters. The summed E-state index contributed by atoms with van der Waals surface area (Å²) in [6.45, 7) is 1.08. The maximum atomic E-state index is 13.6. The van der Waals surface area contributed by atoms with Crippen molar-refractivity contribution in [3.63, 3.8) is 0 Å². The average molecular weight is 417 g/mol. The zero-order valence-electron chi connectivity index (χ0n) is 14.6. The van der Waals surface area contributed by atoms with E-state index >= 15 is 0 Å². The van der Waals surface area contributed by atoms with Gasteiger partial charge in [-0.05, 0) is 31.0 Å². The summed E-state index contributed by atoms with van der Waals surface area (Å²) in [5.41, 5.74) is 1.62. The Morgan fingerprint density at radius 3 is 2.59 bits per heavy atom. The molecule has 2 N–H and O–H groups in total. The van der Waals surface area contributed by atoms with Crippen molar-refractivity contribution in [2.75, 3.05) is 6.26 Å². The Morgan fingerprint density at radius 1 is 1.37 bits per heavy atom. The molecule has 1 atom stereocenters. The molecule has 2 aromatic rings. The summed E-state index contributed by atoms with van der Waals surface area (Å²) < 4.78 is 36.8. The molecule has 146 valence electrons. The minimum Gasteiger partial charge on any atom is -0.315 e. The fourth-order valence-electron chi connectivity index (χ4n) is 2.51. The normalized spacial score (nSPS) is 13.8. The fourth-order valence-corrected chi connectivity index (χ4v) is 3.59. The summed E-state index contributed by atoms with van der Waals surface area (Å²) in [6.07, 6.45) is 2.04. The summed E-state index contributed by atoms with van der Waals surface area (Å²) >= 11 is 5.92. The van der Waals surface area contributed by atoms with E-state index in [0.717, 1.165) is 6.26 Å². The molecule has 0 aliphatic heterocycles. The molecule has 0 fully saturated rings. The van der Waals surface area contributed by atoms with E-state index in [4.69, 9.17) is 16.8 Å². The van der Waals surface area contributed by atoms with E-state index in [1.165, 1.54) is 47.4 Å². The fraction of sp³-hybridized carbons (Fsp3) is 0.294. The number of carbonyl (C=O) groups is 1. The predicted molar refractivity (Wildman–Crippen MR) is 98.9 cm³/mol. The standard InChI is InChI=1S/C17H18ClFN2O5S/c1-17(16(23)20-24,27(2,25)26)7-9-21-8-6-11(10-14(21)22)12-4-3-5-13(19)15(12)18/h3-6,8,10,24H,7,9H2,1-2H3,(H,20,23). The second kappa shape index (κ2) is 7.79. The predicted octanol–water partition coefficient (Wildman–Crippen LogP) is 2.01. The van der Waals surface area contributed by atoms with Crippen molar-refractivity contribution in [1.82, 2.24) is 10.0 Å². The van der Waals surface area contributed by atoms with Crippen molar-refractivity contribution in [3.05, 3.63) is 57.7 Å². The van der Waals surface area contributed by atoms with E-state index in [1.807, 2.05) is 0 Å². The number of amides is 1. The SMILES string of the molecule is CC(CCn1ccc(-c2cccc(F)c2Cl)cc1=O)(C(=O)NO)S(C)(=O)=O. The van der Waals surface area contributed by atoms with Crippen LogP contribution >= 0.6 is 11.6 Å². The second-order valence-electron chi connectivity index (χ2n) is 6.24. The van der Waals surface area contributed by atoms with E-state index in [-0.39, 0.29) is 18.0 Å². The van der Waals surface area contributed by atoms with Gasteiger partial charge in [0.05, 0.1) is 5.02 Å². The van der Waals surface area contributed by atoms with Crippen LogP contribution in [0.15, 0.2) is 41.3 Å². The van der Waals surface area contributed by atoms with Crippen LogP contribution in [-0.2, 0) is 21.2 Å². The molecule has 27 heavy (non-hydrogen) atoms. The molecule has 1 aromatic carbocycles. The van der Waals surface area contributed by atoms with Crippen LogP contribution in [-0.4, -0.2) is 35.1 Å². The lowest BCUT2D eigenvalue weighted by molar-refractivity contribution is -0.131. The van der Waals surface area contributed by atoms with E-state index in [2.05, 4.69) is 0 Å². The maximum Gasteiger partial charge on any atom is 0.264 e. The highest BCUT2D eigenvalue weighted by Gasteiger charge is 2.43. The number of hydrogen-bond acceptors (Lipinski definition) is 5. The summed E-state index contributed by atoms with van der Waals surface area (Å²) in [4.78, 5) is 24.2. The van der Waals surface area contributed by atoms with E-state index in [9.17, 15) is 22.4 Å². The zero-order chi connectivity index (χ0) is 20.4. The summed E-state index contributed by atoms with van der Waals surface area (Å²) in [5, 5.41) is 8.71. The highest BCUT2D eigenvalue weighted by Crippen LogP contribution is 2.29. The Hall–Kier alpha value is -2.23. The second-order valence-corrected chi connectivity index (χ2v) is 9.07.